The van der Waals surface area contributed by atoms with E-state index in [9.17, 15) is 9.59 Å². The first kappa shape index (κ1) is 18.1. The molecular weight excluding hydrogens is 346 g/mol. The molecule has 2 amide bonds. The smallest absolute Gasteiger partial charge is 0.276 e. The van der Waals surface area contributed by atoms with Crippen molar-refractivity contribution in [2.24, 2.45) is 17.8 Å². The van der Waals surface area contributed by atoms with E-state index in [2.05, 4.69) is 15.4 Å². The number of carbonyl (C=O) groups is 2. The fourth-order valence-electron chi connectivity index (χ4n) is 2.88. The third-order valence-corrected chi connectivity index (χ3v) is 4.54. The van der Waals surface area contributed by atoms with Gasteiger partial charge in [0.15, 0.2) is 11.7 Å². The topological polar surface area (TPSA) is 129 Å². The van der Waals surface area contributed by atoms with Crippen LogP contribution in [0.15, 0.2) is 35.3 Å². The molecule has 1 aliphatic rings. The highest BCUT2D eigenvalue weighted by molar-refractivity contribution is 6.03. The maximum Gasteiger partial charge on any atom is 0.276 e. The van der Waals surface area contributed by atoms with Crippen molar-refractivity contribution in [2.45, 2.75) is 18.9 Å². The Morgan fingerprint density at radius 3 is 2.74 bits per heavy atom. The highest BCUT2D eigenvalue weighted by Gasteiger charge is 2.36. The van der Waals surface area contributed by atoms with Crippen molar-refractivity contribution in [2.75, 3.05) is 12.4 Å². The van der Waals surface area contributed by atoms with E-state index >= 15 is 0 Å². The van der Waals surface area contributed by atoms with E-state index in [0.29, 0.717) is 5.69 Å². The predicted octanol–water partition coefficient (Wildman–Crippen LogP) is 0.936. The van der Waals surface area contributed by atoms with Gasteiger partial charge in [-0.2, -0.15) is 10.4 Å². The molecule has 1 atom stereocenters. The van der Waals surface area contributed by atoms with Crippen molar-refractivity contribution in [3.05, 3.63) is 47.3 Å². The number of rotatable bonds is 3. The molecule has 2 aromatic rings. The van der Waals surface area contributed by atoms with Crippen LogP contribution in [0.2, 0.25) is 0 Å². The lowest BCUT2D eigenvalue weighted by Gasteiger charge is -2.33. The summed E-state index contributed by atoms with van der Waals surface area (Å²) in [5.41, 5.74) is 6.76. The third kappa shape index (κ3) is 3.37. The van der Waals surface area contributed by atoms with Crippen LogP contribution in [0.4, 0.5) is 5.69 Å². The number of aromatic nitrogens is 2. The van der Waals surface area contributed by atoms with Gasteiger partial charge in [-0.25, -0.2) is 4.99 Å². The number of aryl methyl sites for hydroxylation is 1. The maximum atomic E-state index is 12.4. The molecule has 0 saturated carbocycles. The first-order valence-electron chi connectivity index (χ1n) is 8.21. The molecule has 27 heavy (non-hydrogen) atoms. The minimum Gasteiger partial charge on any atom is -0.369 e. The molecule has 1 unspecified atom stereocenters. The first-order valence-corrected chi connectivity index (χ1v) is 8.21. The van der Waals surface area contributed by atoms with E-state index in [1.165, 1.54) is 15.6 Å². The van der Waals surface area contributed by atoms with Crippen LogP contribution in [0.1, 0.15) is 35.1 Å². The molecule has 1 aliphatic heterocycles. The normalized spacial score (nSPS) is 19.4. The summed E-state index contributed by atoms with van der Waals surface area (Å²) in [7, 11) is 3.18. The van der Waals surface area contributed by atoms with Gasteiger partial charge < -0.3 is 11.1 Å². The molecule has 1 aromatic heterocycles. The number of guanidine groups is 1. The van der Waals surface area contributed by atoms with E-state index in [4.69, 9.17) is 11.0 Å². The molecule has 0 saturated heterocycles. The van der Waals surface area contributed by atoms with Crippen LogP contribution in [-0.2, 0) is 17.4 Å². The summed E-state index contributed by atoms with van der Waals surface area (Å²) in [6.45, 7) is 1.82. The zero-order chi connectivity index (χ0) is 19.8. The van der Waals surface area contributed by atoms with Crippen molar-refractivity contribution < 1.29 is 9.59 Å². The minimum atomic E-state index is -0.812. The molecule has 0 aliphatic carbocycles. The molecule has 0 radical (unpaired) electrons. The standard InChI is InChI=1S/C18H19N7O2/c1-18(9-15(26)24(2)17(20)22-18)11-5-4-6-12(7-11)21-16(27)14-8-13(10-19)25(3)23-14/h4-8H,9H2,1-3H3,(H2,20,22)(H,21,27). The van der Waals surface area contributed by atoms with Gasteiger partial charge in [0, 0.05) is 25.8 Å². The quantitative estimate of drug-likeness (QED) is 0.836. The van der Waals surface area contributed by atoms with E-state index in [1.807, 2.05) is 19.1 Å². The number of hydrogen-bond acceptors (Lipinski definition) is 6. The molecule has 3 N–H and O–H groups in total. The van der Waals surface area contributed by atoms with Crippen LogP contribution in [0, 0.1) is 11.3 Å². The number of amides is 2. The van der Waals surface area contributed by atoms with Gasteiger partial charge in [0.1, 0.15) is 11.8 Å². The van der Waals surface area contributed by atoms with Gasteiger partial charge in [-0.15, -0.1) is 0 Å². The second kappa shape index (κ2) is 6.57. The SMILES string of the molecule is CN1C(=O)CC(C)(c2cccc(NC(=O)c3cc(C#N)n(C)n3)c2)N=C1N. The number of anilines is 1. The Morgan fingerprint density at radius 1 is 1.37 bits per heavy atom. The number of nitrogens with one attached hydrogen (secondary N) is 1. The van der Waals surface area contributed by atoms with Crippen LogP contribution in [0.5, 0.6) is 0 Å². The fourth-order valence-corrected chi connectivity index (χ4v) is 2.88. The lowest BCUT2D eigenvalue weighted by atomic mass is 9.87. The third-order valence-electron chi connectivity index (χ3n) is 4.54. The summed E-state index contributed by atoms with van der Waals surface area (Å²) < 4.78 is 1.34. The van der Waals surface area contributed by atoms with Gasteiger partial charge in [-0.05, 0) is 24.6 Å². The summed E-state index contributed by atoms with van der Waals surface area (Å²) in [5, 5.41) is 15.8. The van der Waals surface area contributed by atoms with Gasteiger partial charge in [0.2, 0.25) is 5.91 Å². The van der Waals surface area contributed by atoms with E-state index < -0.39 is 11.4 Å². The largest absolute Gasteiger partial charge is 0.369 e. The molecule has 0 spiro atoms. The van der Waals surface area contributed by atoms with Crippen molar-refractivity contribution in [3.63, 3.8) is 0 Å². The highest BCUT2D eigenvalue weighted by atomic mass is 16.2. The summed E-state index contributed by atoms with van der Waals surface area (Å²) in [5.74, 6) is -0.408. The Balaban J connectivity index is 1.87. The molecule has 9 nitrogen and oxygen atoms in total. The number of nitriles is 1. The minimum absolute atomic E-state index is 0.128. The summed E-state index contributed by atoms with van der Waals surface area (Å²) in [4.78, 5) is 30.3. The number of carbonyl (C=O) groups excluding carboxylic acids is 2. The van der Waals surface area contributed by atoms with E-state index in [-0.39, 0.29) is 29.7 Å². The van der Waals surface area contributed by atoms with Crippen molar-refractivity contribution in [3.8, 4) is 6.07 Å². The predicted molar refractivity (Wildman–Crippen MR) is 98.7 cm³/mol. The summed E-state index contributed by atoms with van der Waals surface area (Å²) >= 11 is 0. The van der Waals surface area contributed by atoms with Gasteiger partial charge in [-0.1, -0.05) is 12.1 Å². The number of benzene rings is 1. The Labute approximate surface area is 156 Å². The molecule has 2 heterocycles. The van der Waals surface area contributed by atoms with Crippen molar-refractivity contribution in [1.29, 1.82) is 5.26 Å². The Morgan fingerprint density at radius 2 is 2.11 bits per heavy atom. The number of aliphatic imine (C=N–C) groups is 1. The van der Waals surface area contributed by atoms with Gasteiger partial charge in [0.25, 0.3) is 5.91 Å². The van der Waals surface area contributed by atoms with Crippen molar-refractivity contribution in [1.82, 2.24) is 14.7 Å². The van der Waals surface area contributed by atoms with Crippen LogP contribution in [0.3, 0.4) is 0 Å². The van der Waals surface area contributed by atoms with Gasteiger partial charge >= 0.3 is 0 Å². The number of hydrogen-bond donors (Lipinski definition) is 2. The summed E-state index contributed by atoms with van der Waals surface area (Å²) in [6, 6.07) is 10.5. The maximum absolute atomic E-state index is 12.4. The van der Waals surface area contributed by atoms with Crippen molar-refractivity contribution >= 4 is 23.5 Å². The van der Waals surface area contributed by atoms with Crippen LogP contribution < -0.4 is 11.1 Å². The Kier molecular flexibility index (Phi) is 4.41. The van der Waals surface area contributed by atoms with E-state index in [0.717, 1.165) is 5.56 Å². The molecule has 0 fully saturated rings. The second-order valence-corrected chi connectivity index (χ2v) is 6.56. The molecule has 1 aromatic carbocycles. The van der Waals surface area contributed by atoms with E-state index in [1.54, 1.807) is 32.3 Å². The fraction of sp³-hybridized carbons (Fsp3) is 0.278. The van der Waals surface area contributed by atoms with Crippen LogP contribution in [0.25, 0.3) is 0 Å². The average Bonchev–Trinajstić information content (AvgIpc) is 3.01. The monoisotopic (exact) mass is 365 g/mol. The lowest BCUT2D eigenvalue weighted by Crippen LogP contribution is -2.47. The lowest BCUT2D eigenvalue weighted by molar-refractivity contribution is -0.128. The Bertz CT molecular complexity index is 1000. The van der Waals surface area contributed by atoms with Gasteiger partial charge in [0.05, 0.1) is 12.0 Å². The molecule has 0 bridgehead atoms. The molecular formula is C18H19N7O2. The molecule has 138 valence electrons. The second-order valence-electron chi connectivity index (χ2n) is 6.56. The van der Waals surface area contributed by atoms with Crippen LogP contribution >= 0.6 is 0 Å². The highest BCUT2D eigenvalue weighted by Crippen LogP contribution is 2.34. The van der Waals surface area contributed by atoms with Crippen LogP contribution in [-0.4, -0.2) is 39.5 Å². The van der Waals surface area contributed by atoms with Gasteiger partial charge in [-0.3, -0.25) is 19.2 Å². The number of nitrogens with two attached hydrogens (primary N) is 1. The zero-order valence-electron chi connectivity index (χ0n) is 15.2. The average molecular weight is 365 g/mol. The first-order chi connectivity index (χ1) is 12.7. The molecule has 9 heteroatoms. The molecule has 3 rings (SSSR count). The zero-order valence-corrected chi connectivity index (χ0v) is 15.2. The summed E-state index contributed by atoms with van der Waals surface area (Å²) in [6.07, 6.45) is 0.174. The number of nitrogens with zero attached hydrogens (tertiary/aromatic N) is 5. The Hall–Kier alpha value is -3.67.